The molecule has 0 aliphatic carbocycles. The third kappa shape index (κ3) is 4.22. The quantitative estimate of drug-likeness (QED) is 0.841. The molecule has 3 rings (SSSR count). The van der Waals surface area contributed by atoms with Crippen LogP contribution in [-0.2, 0) is 19.6 Å². The monoisotopic (exact) mass is 400 g/mol. The van der Waals surface area contributed by atoms with E-state index in [-0.39, 0.29) is 29.3 Å². The summed E-state index contributed by atoms with van der Waals surface area (Å²) in [5.41, 5.74) is 0.544. The Kier molecular flexibility index (Phi) is 6.22. The highest BCUT2D eigenvalue weighted by Gasteiger charge is 2.34. The molecule has 26 heavy (non-hydrogen) atoms. The predicted octanol–water partition coefficient (Wildman–Crippen LogP) is 2.34. The number of sulfonamides is 1. The van der Waals surface area contributed by atoms with Gasteiger partial charge in [-0.15, -0.1) is 0 Å². The molecule has 6 nitrogen and oxygen atoms in total. The minimum atomic E-state index is -3.67. The van der Waals surface area contributed by atoms with Crippen molar-refractivity contribution in [1.29, 1.82) is 0 Å². The maximum absolute atomic E-state index is 13.0. The molecule has 2 saturated heterocycles. The highest BCUT2D eigenvalue weighted by molar-refractivity contribution is 7.89. The number of amides is 1. The van der Waals surface area contributed by atoms with Gasteiger partial charge in [0.1, 0.15) is 0 Å². The van der Waals surface area contributed by atoms with Gasteiger partial charge in [0.05, 0.1) is 10.8 Å². The summed E-state index contributed by atoms with van der Waals surface area (Å²) in [6.45, 7) is 3.65. The first-order valence-electron chi connectivity index (χ1n) is 9.03. The number of nitrogens with one attached hydrogen (secondary N) is 1. The second-order valence-electron chi connectivity index (χ2n) is 6.96. The zero-order valence-corrected chi connectivity index (χ0v) is 16.5. The van der Waals surface area contributed by atoms with Crippen LogP contribution in [0.5, 0.6) is 0 Å². The highest BCUT2D eigenvalue weighted by atomic mass is 35.5. The fourth-order valence-corrected chi connectivity index (χ4v) is 5.54. The number of hydrogen-bond acceptors (Lipinski definition) is 4. The Morgan fingerprint density at radius 1 is 1.27 bits per heavy atom. The summed E-state index contributed by atoms with van der Waals surface area (Å²) in [5, 5.41) is 3.49. The minimum absolute atomic E-state index is 0.0559. The molecule has 0 saturated carbocycles. The van der Waals surface area contributed by atoms with E-state index in [4.69, 9.17) is 16.3 Å². The van der Waals surface area contributed by atoms with E-state index >= 15 is 0 Å². The molecule has 0 unspecified atom stereocenters. The van der Waals surface area contributed by atoms with Crippen LogP contribution in [0.15, 0.2) is 23.1 Å². The van der Waals surface area contributed by atoms with Crippen molar-refractivity contribution in [2.24, 2.45) is 5.92 Å². The van der Waals surface area contributed by atoms with Gasteiger partial charge in [-0.25, -0.2) is 8.42 Å². The number of ether oxygens (including phenoxy) is 1. The van der Waals surface area contributed by atoms with Gasteiger partial charge in [-0.1, -0.05) is 17.7 Å². The Bertz CT molecular complexity index is 762. The summed E-state index contributed by atoms with van der Waals surface area (Å²) in [6, 6.07) is 5.01. The number of hydrogen-bond donors (Lipinski definition) is 1. The minimum Gasteiger partial charge on any atom is -0.381 e. The average Bonchev–Trinajstić information content (AvgIpc) is 2.64. The van der Waals surface area contributed by atoms with E-state index in [1.807, 2.05) is 0 Å². The number of carbonyl (C=O) groups is 1. The molecule has 1 N–H and O–H groups in total. The molecule has 8 heteroatoms. The van der Waals surface area contributed by atoms with Crippen molar-refractivity contribution >= 4 is 27.5 Å². The number of halogens is 1. The lowest BCUT2D eigenvalue weighted by Crippen LogP contribution is -2.48. The van der Waals surface area contributed by atoms with Crippen LogP contribution in [0, 0.1) is 12.8 Å². The first-order valence-corrected chi connectivity index (χ1v) is 10.8. The van der Waals surface area contributed by atoms with Crippen LogP contribution in [0.2, 0.25) is 5.02 Å². The third-order valence-electron chi connectivity index (χ3n) is 5.16. The molecule has 0 aromatic heterocycles. The maximum atomic E-state index is 13.0. The summed E-state index contributed by atoms with van der Waals surface area (Å²) < 4.78 is 32.8. The van der Waals surface area contributed by atoms with E-state index in [9.17, 15) is 13.2 Å². The van der Waals surface area contributed by atoms with E-state index in [0.29, 0.717) is 43.2 Å². The van der Waals surface area contributed by atoms with Gasteiger partial charge >= 0.3 is 0 Å². The van der Waals surface area contributed by atoms with Crippen LogP contribution < -0.4 is 5.32 Å². The second kappa shape index (κ2) is 8.25. The normalized spacial score (nSPS) is 22.9. The maximum Gasteiger partial charge on any atom is 0.243 e. The van der Waals surface area contributed by atoms with Crippen molar-refractivity contribution in [3.05, 3.63) is 28.8 Å². The van der Waals surface area contributed by atoms with Gasteiger partial charge in [-0.2, -0.15) is 4.31 Å². The largest absolute Gasteiger partial charge is 0.381 e. The van der Waals surface area contributed by atoms with Crippen LogP contribution in [0.4, 0.5) is 0 Å². The van der Waals surface area contributed by atoms with Crippen LogP contribution in [0.3, 0.4) is 0 Å². The lowest BCUT2D eigenvalue weighted by Gasteiger charge is -2.33. The Labute approximate surface area is 159 Å². The van der Waals surface area contributed by atoms with E-state index in [2.05, 4.69) is 5.32 Å². The summed E-state index contributed by atoms with van der Waals surface area (Å²) >= 11 is 6.09. The third-order valence-corrected chi connectivity index (χ3v) is 7.58. The number of benzene rings is 1. The fraction of sp³-hybridized carbons (Fsp3) is 0.611. The van der Waals surface area contributed by atoms with Gasteiger partial charge in [-0.05, 0) is 50.3 Å². The van der Waals surface area contributed by atoms with Crippen LogP contribution >= 0.6 is 11.6 Å². The zero-order valence-electron chi connectivity index (χ0n) is 14.9. The molecule has 0 radical (unpaired) electrons. The van der Waals surface area contributed by atoms with Crippen LogP contribution in [0.25, 0.3) is 0 Å². The summed E-state index contributed by atoms with van der Waals surface area (Å²) in [5.74, 6) is -0.375. The standard InChI is InChI=1S/C18H25ClN2O4S/c1-13-16(19)5-2-6-17(13)26(23,24)21-9-3-4-14(12-21)18(22)20-15-7-10-25-11-8-15/h2,5-6,14-15H,3-4,7-12H2,1H3,(H,20,22)/t14-/m0/s1. The summed E-state index contributed by atoms with van der Waals surface area (Å²) in [4.78, 5) is 12.8. The fourth-order valence-electron chi connectivity index (χ4n) is 3.54. The number of carbonyl (C=O) groups excluding carboxylic acids is 1. The predicted molar refractivity (Wildman–Crippen MR) is 99.7 cm³/mol. The number of rotatable bonds is 4. The molecule has 1 amide bonds. The second-order valence-corrected chi connectivity index (χ2v) is 9.27. The van der Waals surface area contributed by atoms with E-state index in [1.165, 1.54) is 4.31 Å². The topological polar surface area (TPSA) is 75.7 Å². The van der Waals surface area contributed by atoms with Crippen molar-refractivity contribution in [2.75, 3.05) is 26.3 Å². The molecule has 2 fully saturated rings. The molecule has 144 valence electrons. The molecular formula is C18H25ClN2O4S. The van der Waals surface area contributed by atoms with Gasteiger partial charge in [0.25, 0.3) is 0 Å². The first kappa shape index (κ1) is 19.6. The number of nitrogens with zero attached hydrogens (tertiary/aromatic N) is 1. The number of piperidine rings is 1. The van der Waals surface area contributed by atoms with Crippen molar-refractivity contribution < 1.29 is 17.9 Å². The molecule has 0 bridgehead atoms. The van der Waals surface area contributed by atoms with Crippen molar-refractivity contribution in [1.82, 2.24) is 9.62 Å². The molecule has 1 atom stereocenters. The lowest BCUT2D eigenvalue weighted by molar-refractivity contribution is -0.127. The van der Waals surface area contributed by atoms with Gasteiger partial charge in [0.2, 0.25) is 15.9 Å². The van der Waals surface area contributed by atoms with Crippen molar-refractivity contribution in [3.63, 3.8) is 0 Å². The Morgan fingerprint density at radius 2 is 2.00 bits per heavy atom. The van der Waals surface area contributed by atoms with Crippen molar-refractivity contribution in [3.8, 4) is 0 Å². The molecule has 2 aliphatic heterocycles. The van der Waals surface area contributed by atoms with Gasteiger partial charge in [0, 0.05) is 37.4 Å². The summed E-state index contributed by atoms with van der Waals surface area (Å²) in [6.07, 6.45) is 2.99. The zero-order chi connectivity index (χ0) is 18.7. The Hall–Kier alpha value is -1.15. The first-order chi connectivity index (χ1) is 12.4. The molecule has 2 heterocycles. The SMILES string of the molecule is Cc1c(Cl)cccc1S(=O)(=O)N1CCC[C@H](C(=O)NC2CCOCC2)C1. The Morgan fingerprint density at radius 3 is 2.73 bits per heavy atom. The van der Waals surface area contributed by atoms with Gasteiger partial charge in [-0.3, -0.25) is 4.79 Å². The van der Waals surface area contributed by atoms with Crippen LogP contribution in [-0.4, -0.2) is 51.0 Å². The molecule has 2 aliphatic rings. The van der Waals surface area contributed by atoms with E-state index in [0.717, 1.165) is 12.8 Å². The molecule has 0 spiro atoms. The smallest absolute Gasteiger partial charge is 0.243 e. The van der Waals surface area contributed by atoms with Gasteiger partial charge < -0.3 is 10.1 Å². The van der Waals surface area contributed by atoms with Crippen LogP contribution in [0.1, 0.15) is 31.2 Å². The summed E-state index contributed by atoms with van der Waals surface area (Å²) in [7, 11) is -3.67. The van der Waals surface area contributed by atoms with E-state index < -0.39 is 10.0 Å². The molecule has 1 aromatic rings. The van der Waals surface area contributed by atoms with Gasteiger partial charge in [0.15, 0.2) is 0 Å². The Balaban J connectivity index is 1.71. The average molecular weight is 401 g/mol. The molecule has 1 aromatic carbocycles. The van der Waals surface area contributed by atoms with Crippen molar-refractivity contribution in [2.45, 2.75) is 43.5 Å². The van der Waals surface area contributed by atoms with E-state index in [1.54, 1.807) is 25.1 Å². The lowest BCUT2D eigenvalue weighted by atomic mass is 9.97. The highest BCUT2D eigenvalue weighted by Crippen LogP contribution is 2.29. The molecular weight excluding hydrogens is 376 g/mol.